The predicted molar refractivity (Wildman–Crippen MR) is 106 cm³/mol. The lowest BCUT2D eigenvalue weighted by Gasteiger charge is -2.08. The van der Waals surface area contributed by atoms with Crippen LogP contribution in [0, 0.1) is 11.3 Å². The maximum atomic E-state index is 8.61. The van der Waals surface area contributed by atoms with E-state index in [4.69, 9.17) is 40.1 Å². The fourth-order valence-electron chi connectivity index (χ4n) is 2.87. The van der Waals surface area contributed by atoms with E-state index in [1.54, 1.807) is 6.07 Å². The molecule has 0 saturated carbocycles. The Kier molecular flexibility index (Phi) is 5.88. The standard InChI is InChI=1S/C19H16Cl3N3/c20-13-3-5-17-14(11-13)19(12-2-4-15(21)16(22)10-12)18(25-17)6-9-24-8-1-7-23/h2-5,10-11,24-25H,1,6,8-9H2. The highest BCUT2D eigenvalue weighted by molar-refractivity contribution is 6.42. The molecule has 0 spiro atoms. The van der Waals surface area contributed by atoms with Crippen LogP contribution >= 0.6 is 34.8 Å². The fourth-order valence-corrected chi connectivity index (χ4v) is 3.34. The molecule has 0 aliphatic rings. The van der Waals surface area contributed by atoms with Crippen molar-refractivity contribution < 1.29 is 0 Å². The Bertz CT molecular complexity index is 941. The van der Waals surface area contributed by atoms with E-state index in [1.807, 2.05) is 30.3 Å². The Labute approximate surface area is 161 Å². The molecule has 1 aromatic heterocycles. The molecule has 2 N–H and O–H groups in total. The van der Waals surface area contributed by atoms with Crippen LogP contribution in [-0.4, -0.2) is 18.1 Å². The molecular formula is C19H16Cl3N3. The second kappa shape index (κ2) is 8.12. The van der Waals surface area contributed by atoms with E-state index in [9.17, 15) is 0 Å². The minimum Gasteiger partial charge on any atom is -0.358 e. The normalized spacial score (nSPS) is 11.0. The number of nitriles is 1. The SMILES string of the molecule is N#CCCNCCc1[nH]c2ccc(Cl)cc2c1-c1ccc(Cl)c(Cl)c1. The van der Waals surface area contributed by atoms with Gasteiger partial charge in [0.15, 0.2) is 0 Å². The van der Waals surface area contributed by atoms with E-state index in [0.717, 1.165) is 40.7 Å². The molecule has 3 aromatic rings. The zero-order valence-corrected chi connectivity index (χ0v) is 15.6. The molecule has 0 aliphatic carbocycles. The smallest absolute Gasteiger partial charge is 0.0635 e. The van der Waals surface area contributed by atoms with Gasteiger partial charge in [0.1, 0.15) is 0 Å². The number of rotatable bonds is 6. The second-order valence-corrected chi connectivity index (χ2v) is 6.96. The van der Waals surface area contributed by atoms with Crippen molar-refractivity contribution in [1.82, 2.24) is 10.3 Å². The third kappa shape index (κ3) is 4.11. The van der Waals surface area contributed by atoms with Crippen molar-refractivity contribution >= 4 is 45.7 Å². The van der Waals surface area contributed by atoms with Gasteiger partial charge < -0.3 is 10.3 Å². The summed E-state index contributed by atoms with van der Waals surface area (Å²) < 4.78 is 0. The Balaban J connectivity index is 2.00. The van der Waals surface area contributed by atoms with Crippen molar-refractivity contribution in [3.63, 3.8) is 0 Å². The molecule has 128 valence electrons. The van der Waals surface area contributed by atoms with Gasteiger partial charge in [-0.1, -0.05) is 40.9 Å². The first kappa shape index (κ1) is 18.1. The number of halogens is 3. The lowest BCUT2D eigenvalue weighted by molar-refractivity contribution is 0.688. The van der Waals surface area contributed by atoms with Gasteiger partial charge in [-0.2, -0.15) is 5.26 Å². The zero-order chi connectivity index (χ0) is 17.8. The van der Waals surface area contributed by atoms with Crippen molar-refractivity contribution in [2.24, 2.45) is 0 Å². The minimum atomic E-state index is 0.502. The van der Waals surface area contributed by atoms with Crippen LogP contribution in [0.4, 0.5) is 0 Å². The first-order valence-electron chi connectivity index (χ1n) is 7.93. The van der Waals surface area contributed by atoms with Gasteiger partial charge >= 0.3 is 0 Å². The van der Waals surface area contributed by atoms with E-state index < -0.39 is 0 Å². The molecular weight excluding hydrogens is 377 g/mol. The summed E-state index contributed by atoms with van der Waals surface area (Å²) in [7, 11) is 0. The highest BCUT2D eigenvalue weighted by Crippen LogP contribution is 2.36. The van der Waals surface area contributed by atoms with Crippen LogP contribution in [0.2, 0.25) is 15.1 Å². The molecule has 0 fully saturated rings. The van der Waals surface area contributed by atoms with Crippen molar-refractivity contribution in [2.75, 3.05) is 13.1 Å². The molecule has 3 nitrogen and oxygen atoms in total. The van der Waals surface area contributed by atoms with Crippen LogP contribution in [-0.2, 0) is 6.42 Å². The van der Waals surface area contributed by atoms with Crippen LogP contribution in [0.5, 0.6) is 0 Å². The number of hydrogen-bond acceptors (Lipinski definition) is 2. The maximum absolute atomic E-state index is 8.61. The minimum absolute atomic E-state index is 0.502. The van der Waals surface area contributed by atoms with Crippen LogP contribution < -0.4 is 5.32 Å². The third-order valence-corrected chi connectivity index (χ3v) is 4.99. The lowest BCUT2D eigenvalue weighted by Crippen LogP contribution is -2.18. The number of nitrogens with one attached hydrogen (secondary N) is 2. The second-order valence-electron chi connectivity index (χ2n) is 5.71. The molecule has 0 atom stereocenters. The van der Waals surface area contributed by atoms with Gasteiger partial charge in [-0.15, -0.1) is 0 Å². The monoisotopic (exact) mass is 391 g/mol. The van der Waals surface area contributed by atoms with Crippen LogP contribution in [0.3, 0.4) is 0 Å². The average molecular weight is 393 g/mol. The highest BCUT2D eigenvalue weighted by atomic mass is 35.5. The van der Waals surface area contributed by atoms with E-state index in [-0.39, 0.29) is 0 Å². The van der Waals surface area contributed by atoms with E-state index in [1.165, 1.54) is 0 Å². The number of hydrogen-bond donors (Lipinski definition) is 2. The van der Waals surface area contributed by atoms with Crippen molar-refractivity contribution in [1.29, 1.82) is 5.26 Å². The Morgan fingerprint density at radius 3 is 2.60 bits per heavy atom. The number of benzene rings is 2. The van der Waals surface area contributed by atoms with Gasteiger partial charge in [0.25, 0.3) is 0 Å². The molecule has 0 saturated heterocycles. The van der Waals surface area contributed by atoms with Crippen LogP contribution in [0.15, 0.2) is 36.4 Å². The molecule has 0 radical (unpaired) electrons. The van der Waals surface area contributed by atoms with Crippen LogP contribution in [0.1, 0.15) is 12.1 Å². The van der Waals surface area contributed by atoms with E-state index in [0.29, 0.717) is 28.0 Å². The van der Waals surface area contributed by atoms with Gasteiger partial charge in [0, 0.05) is 53.1 Å². The quantitative estimate of drug-likeness (QED) is 0.518. The molecule has 25 heavy (non-hydrogen) atoms. The topological polar surface area (TPSA) is 51.6 Å². The summed E-state index contributed by atoms with van der Waals surface area (Å²) in [4.78, 5) is 3.48. The molecule has 0 unspecified atom stereocenters. The largest absolute Gasteiger partial charge is 0.358 e. The zero-order valence-electron chi connectivity index (χ0n) is 13.4. The maximum Gasteiger partial charge on any atom is 0.0635 e. The molecule has 3 rings (SSSR count). The number of nitrogens with zero attached hydrogens (tertiary/aromatic N) is 1. The summed E-state index contributed by atoms with van der Waals surface area (Å²) in [5, 5.41) is 14.7. The van der Waals surface area contributed by atoms with Gasteiger partial charge in [-0.25, -0.2) is 0 Å². The summed E-state index contributed by atoms with van der Waals surface area (Å²) in [5.74, 6) is 0. The van der Waals surface area contributed by atoms with Crippen molar-refractivity contribution in [2.45, 2.75) is 12.8 Å². The first-order chi connectivity index (χ1) is 12.1. The van der Waals surface area contributed by atoms with E-state index in [2.05, 4.69) is 16.4 Å². The predicted octanol–water partition coefficient (Wildman–Crippen LogP) is 5.84. The van der Waals surface area contributed by atoms with Crippen molar-refractivity contribution in [3.05, 3.63) is 57.2 Å². The van der Waals surface area contributed by atoms with Gasteiger partial charge in [-0.05, 0) is 35.9 Å². The number of fused-ring (bicyclic) bond motifs is 1. The summed E-state index contributed by atoms with van der Waals surface area (Å²) in [5.41, 5.74) is 4.20. The summed E-state index contributed by atoms with van der Waals surface area (Å²) in [6, 6.07) is 13.6. The molecule has 2 aromatic carbocycles. The first-order valence-corrected chi connectivity index (χ1v) is 9.06. The Morgan fingerprint density at radius 1 is 1.00 bits per heavy atom. The highest BCUT2D eigenvalue weighted by Gasteiger charge is 2.15. The average Bonchev–Trinajstić information content (AvgIpc) is 2.94. The molecule has 0 bridgehead atoms. The third-order valence-electron chi connectivity index (χ3n) is 4.01. The number of aromatic nitrogens is 1. The van der Waals surface area contributed by atoms with Crippen molar-refractivity contribution in [3.8, 4) is 17.2 Å². The summed E-state index contributed by atoms with van der Waals surface area (Å²) in [6.07, 6.45) is 1.30. The van der Waals surface area contributed by atoms with Crippen LogP contribution in [0.25, 0.3) is 22.0 Å². The molecule has 1 heterocycles. The molecule has 0 amide bonds. The lowest BCUT2D eigenvalue weighted by atomic mass is 10.0. The Hall–Kier alpha value is -1.70. The Morgan fingerprint density at radius 2 is 1.84 bits per heavy atom. The number of aromatic amines is 1. The number of H-pyrrole nitrogens is 1. The van der Waals surface area contributed by atoms with Gasteiger partial charge in [0.05, 0.1) is 16.1 Å². The van der Waals surface area contributed by atoms with Gasteiger partial charge in [0.2, 0.25) is 0 Å². The van der Waals surface area contributed by atoms with Gasteiger partial charge in [-0.3, -0.25) is 0 Å². The summed E-state index contributed by atoms with van der Waals surface area (Å²) in [6.45, 7) is 1.46. The molecule has 6 heteroatoms. The summed E-state index contributed by atoms with van der Waals surface area (Å²) >= 11 is 18.5. The van der Waals surface area contributed by atoms with E-state index >= 15 is 0 Å². The fraction of sp³-hybridized carbons (Fsp3) is 0.211. The molecule has 0 aliphatic heterocycles.